The minimum Gasteiger partial charge on any atom is -0.306 e. The molecule has 4 aromatic heterocycles. The van der Waals surface area contributed by atoms with Crippen LogP contribution >= 0.6 is 0 Å². The second kappa shape index (κ2) is 11.0. The van der Waals surface area contributed by atoms with Crippen LogP contribution in [0, 0.1) is 0 Å². The van der Waals surface area contributed by atoms with E-state index in [4.69, 9.17) is 15.0 Å². The fourth-order valence-electron chi connectivity index (χ4n) is 7.08. The molecule has 0 radical (unpaired) electrons. The van der Waals surface area contributed by atoms with Crippen molar-refractivity contribution < 1.29 is 0 Å². The molecule has 10 aromatic rings. The summed E-state index contributed by atoms with van der Waals surface area (Å²) in [7, 11) is 0. The first kappa shape index (κ1) is 27.5. The van der Waals surface area contributed by atoms with Crippen LogP contribution in [0.4, 0.5) is 0 Å². The van der Waals surface area contributed by atoms with E-state index in [1.807, 2.05) is 24.3 Å². The third-order valence-electron chi connectivity index (χ3n) is 9.56. The smallest absolute Gasteiger partial charge is 0.137 e. The van der Waals surface area contributed by atoms with Crippen molar-refractivity contribution in [2.45, 2.75) is 0 Å². The summed E-state index contributed by atoms with van der Waals surface area (Å²) in [6.07, 6.45) is 4.26. The van der Waals surface area contributed by atoms with E-state index in [2.05, 4.69) is 150 Å². The molecule has 0 N–H and O–H groups in total. The van der Waals surface area contributed by atoms with Crippen LogP contribution in [0.1, 0.15) is 0 Å². The summed E-state index contributed by atoms with van der Waals surface area (Å²) in [5.41, 5.74) is 11.2. The Balaban J connectivity index is 1.18. The number of hydrogen-bond donors (Lipinski definition) is 0. The molecule has 0 spiro atoms. The van der Waals surface area contributed by atoms with Crippen LogP contribution in [0.3, 0.4) is 0 Å². The molecule has 4 nitrogen and oxygen atoms in total. The Labute approximate surface area is 282 Å². The number of pyridine rings is 3. The zero-order valence-corrected chi connectivity index (χ0v) is 26.5. The second-order valence-electron chi connectivity index (χ2n) is 12.6. The Hall–Kier alpha value is -6.65. The highest BCUT2D eigenvalue weighted by Gasteiger charge is 2.16. The summed E-state index contributed by atoms with van der Waals surface area (Å²) in [6, 6.07) is 55.4. The highest BCUT2D eigenvalue weighted by molar-refractivity contribution is 6.20. The lowest BCUT2D eigenvalue weighted by Gasteiger charge is -2.14. The number of nitrogens with zero attached hydrogens (tertiary/aromatic N) is 4. The van der Waals surface area contributed by atoms with Gasteiger partial charge in [0.15, 0.2) is 0 Å². The number of fused-ring (bicyclic) bond motifs is 7. The summed E-state index contributed by atoms with van der Waals surface area (Å²) in [5, 5.41) is 6.81. The molecular formula is C45H28N4. The molecule has 0 amide bonds. The normalized spacial score (nSPS) is 11.7. The maximum absolute atomic E-state index is 5.37. The van der Waals surface area contributed by atoms with Gasteiger partial charge < -0.3 is 4.40 Å². The maximum Gasteiger partial charge on any atom is 0.137 e. The highest BCUT2D eigenvalue weighted by atomic mass is 15.0. The molecule has 4 heterocycles. The van der Waals surface area contributed by atoms with E-state index >= 15 is 0 Å². The molecular weight excluding hydrogens is 597 g/mol. The summed E-state index contributed by atoms with van der Waals surface area (Å²) < 4.78 is 2.11. The molecule has 4 heteroatoms. The van der Waals surface area contributed by atoms with E-state index in [1.54, 1.807) is 0 Å². The van der Waals surface area contributed by atoms with Gasteiger partial charge in [-0.1, -0.05) is 121 Å². The van der Waals surface area contributed by atoms with Gasteiger partial charge in [-0.25, -0.2) is 15.0 Å². The third-order valence-corrected chi connectivity index (χ3v) is 9.56. The van der Waals surface area contributed by atoms with Crippen molar-refractivity contribution in [3.63, 3.8) is 0 Å². The SMILES string of the molecule is c1ccc(-c2cn3cc(-c4ccc5nc(-c6ccccc6)c6c(ccc7ccc(-c8ccc9ccccc9c8)nc76)c5c4)ccc3n2)cc1. The number of imidazole rings is 1. The number of rotatable bonds is 4. The van der Waals surface area contributed by atoms with E-state index < -0.39 is 0 Å². The van der Waals surface area contributed by atoms with Crippen molar-refractivity contribution >= 4 is 49.0 Å². The molecule has 49 heavy (non-hydrogen) atoms. The number of hydrogen-bond acceptors (Lipinski definition) is 3. The first-order valence-electron chi connectivity index (χ1n) is 16.5. The van der Waals surface area contributed by atoms with E-state index in [0.717, 1.165) is 83.1 Å². The van der Waals surface area contributed by atoms with Crippen LogP contribution in [0.2, 0.25) is 0 Å². The zero-order chi connectivity index (χ0) is 32.3. The van der Waals surface area contributed by atoms with E-state index in [-0.39, 0.29) is 0 Å². The molecule has 0 aliphatic rings. The van der Waals surface area contributed by atoms with E-state index in [0.29, 0.717) is 0 Å². The van der Waals surface area contributed by atoms with Gasteiger partial charge in [-0.05, 0) is 63.7 Å². The monoisotopic (exact) mass is 624 g/mol. The molecule has 0 atom stereocenters. The zero-order valence-electron chi connectivity index (χ0n) is 26.5. The lowest BCUT2D eigenvalue weighted by Crippen LogP contribution is -1.94. The van der Waals surface area contributed by atoms with Gasteiger partial charge in [0.1, 0.15) is 5.65 Å². The number of aromatic nitrogens is 4. The minimum atomic E-state index is 0.919. The molecule has 228 valence electrons. The second-order valence-corrected chi connectivity index (χ2v) is 12.6. The van der Waals surface area contributed by atoms with Crippen molar-refractivity contribution in [1.29, 1.82) is 0 Å². The lowest BCUT2D eigenvalue weighted by atomic mass is 9.95. The molecule has 0 unspecified atom stereocenters. The van der Waals surface area contributed by atoms with Gasteiger partial charge >= 0.3 is 0 Å². The fraction of sp³-hybridized carbons (Fsp3) is 0. The minimum absolute atomic E-state index is 0.919. The fourth-order valence-corrected chi connectivity index (χ4v) is 7.08. The Kier molecular flexibility index (Phi) is 6.15. The van der Waals surface area contributed by atoms with Gasteiger partial charge in [0.25, 0.3) is 0 Å². The summed E-state index contributed by atoms with van der Waals surface area (Å²) in [4.78, 5) is 15.6. The van der Waals surface area contributed by atoms with Crippen LogP contribution in [-0.4, -0.2) is 19.4 Å². The largest absolute Gasteiger partial charge is 0.306 e. The summed E-state index contributed by atoms with van der Waals surface area (Å²) in [6.45, 7) is 0. The Bertz CT molecular complexity index is 2870. The predicted octanol–water partition coefficient (Wildman–Crippen LogP) is 11.4. The molecule has 0 aliphatic heterocycles. The standard InChI is InChI=1S/C45H28N4/c1-3-10-30(11-4-1)41-28-49-27-36(20-24-42(49)46-41)34-19-23-40-38(26-34)37-21-17-32-18-22-39(35-16-15-29-9-7-8-14-33(29)25-35)47-45(32)43(37)44(48-40)31-12-5-2-6-13-31/h1-28H. The highest BCUT2D eigenvalue weighted by Crippen LogP contribution is 2.39. The van der Waals surface area contributed by atoms with Crippen LogP contribution in [0.5, 0.6) is 0 Å². The molecule has 0 saturated heterocycles. The van der Waals surface area contributed by atoms with Crippen molar-refractivity contribution in [2.24, 2.45) is 0 Å². The Morgan fingerprint density at radius 2 is 1.10 bits per heavy atom. The van der Waals surface area contributed by atoms with Crippen molar-refractivity contribution in [1.82, 2.24) is 19.4 Å². The molecule has 0 aliphatic carbocycles. The average Bonchev–Trinajstić information content (AvgIpc) is 3.61. The van der Waals surface area contributed by atoms with Crippen LogP contribution < -0.4 is 0 Å². The van der Waals surface area contributed by atoms with E-state index in [1.165, 1.54) is 10.8 Å². The van der Waals surface area contributed by atoms with Crippen LogP contribution in [0.15, 0.2) is 170 Å². The van der Waals surface area contributed by atoms with Gasteiger partial charge in [0.2, 0.25) is 0 Å². The third kappa shape index (κ3) is 4.65. The van der Waals surface area contributed by atoms with Gasteiger partial charge in [0.05, 0.1) is 28.1 Å². The van der Waals surface area contributed by atoms with Gasteiger partial charge in [0, 0.05) is 45.2 Å². The average molecular weight is 625 g/mol. The quantitative estimate of drug-likeness (QED) is 0.183. The van der Waals surface area contributed by atoms with Crippen molar-refractivity contribution in [3.8, 4) is 44.9 Å². The van der Waals surface area contributed by atoms with Gasteiger partial charge in [-0.2, -0.15) is 0 Å². The summed E-state index contributed by atoms with van der Waals surface area (Å²) in [5.74, 6) is 0. The first-order valence-corrected chi connectivity index (χ1v) is 16.5. The summed E-state index contributed by atoms with van der Waals surface area (Å²) >= 11 is 0. The molecule has 0 fully saturated rings. The van der Waals surface area contributed by atoms with Gasteiger partial charge in [-0.3, -0.25) is 0 Å². The van der Waals surface area contributed by atoms with Crippen molar-refractivity contribution in [2.75, 3.05) is 0 Å². The van der Waals surface area contributed by atoms with Crippen LogP contribution in [0.25, 0.3) is 93.9 Å². The van der Waals surface area contributed by atoms with Gasteiger partial charge in [-0.15, -0.1) is 0 Å². The number of benzene rings is 6. The Morgan fingerprint density at radius 3 is 1.96 bits per heavy atom. The predicted molar refractivity (Wildman–Crippen MR) is 203 cm³/mol. The molecule has 0 bridgehead atoms. The Morgan fingerprint density at radius 1 is 0.388 bits per heavy atom. The molecule has 10 rings (SSSR count). The van der Waals surface area contributed by atoms with E-state index in [9.17, 15) is 0 Å². The van der Waals surface area contributed by atoms with Crippen LogP contribution in [-0.2, 0) is 0 Å². The van der Waals surface area contributed by atoms with Crippen molar-refractivity contribution in [3.05, 3.63) is 170 Å². The molecule has 6 aromatic carbocycles. The lowest BCUT2D eigenvalue weighted by molar-refractivity contribution is 1.19. The molecule has 0 saturated carbocycles. The first-order chi connectivity index (χ1) is 24.2. The topological polar surface area (TPSA) is 43.1 Å². The maximum atomic E-state index is 5.37.